The maximum atomic E-state index is 6.14. The van der Waals surface area contributed by atoms with Crippen molar-refractivity contribution >= 4 is 46.2 Å². The van der Waals surface area contributed by atoms with Gasteiger partial charge < -0.3 is 10.6 Å². The molecule has 2 aromatic rings. The number of aromatic nitrogens is 2. The fraction of sp³-hybridized carbons (Fsp3) is 0.231. The molecule has 0 fully saturated rings. The highest BCUT2D eigenvalue weighted by molar-refractivity contribution is 7.80. The van der Waals surface area contributed by atoms with E-state index in [4.69, 9.17) is 35.4 Å². The van der Waals surface area contributed by atoms with Gasteiger partial charge in [0.2, 0.25) is 0 Å². The van der Waals surface area contributed by atoms with E-state index in [-0.39, 0.29) is 0 Å². The van der Waals surface area contributed by atoms with Gasteiger partial charge in [-0.2, -0.15) is 5.10 Å². The van der Waals surface area contributed by atoms with Crippen LogP contribution >= 0.6 is 35.4 Å². The van der Waals surface area contributed by atoms with Gasteiger partial charge >= 0.3 is 0 Å². The van der Waals surface area contributed by atoms with Crippen LogP contribution < -0.4 is 10.6 Å². The number of hydrogen-bond acceptors (Lipinski definition) is 2. The van der Waals surface area contributed by atoms with Crippen LogP contribution in [0.3, 0.4) is 0 Å². The first-order valence-electron chi connectivity index (χ1n) is 6.10. The van der Waals surface area contributed by atoms with E-state index in [1.807, 2.05) is 31.3 Å². The molecule has 1 heterocycles. The van der Waals surface area contributed by atoms with Crippen molar-refractivity contribution in [3.63, 3.8) is 0 Å². The highest BCUT2D eigenvalue weighted by Crippen LogP contribution is 2.25. The van der Waals surface area contributed by atoms with E-state index < -0.39 is 0 Å². The summed E-state index contributed by atoms with van der Waals surface area (Å²) in [6.07, 6.45) is 3.55. The van der Waals surface area contributed by atoms with Crippen LogP contribution in [0.4, 0.5) is 5.69 Å². The number of nitrogens with zero attached hydrogens (tertiary/aromatic N) is 2. The maximum absolute atomic E-state index is 6.14. The molecule has 0 radical (unpaired) electrons. The van der Waals surface area contributed by atoms with Gasteiger partial charge in [-0.3, -0.25) is 4.68 Å². The van der Waals surface area contributed by atoms with Gasteiger partial charge in [-0.25, -0.2) is 0 Å². The molecule has 0 bridgehead atoms. The Balaban J connectivity index is 2.08. The Morgan fingerprint density at radius 3 is 2.70 bits per heavy atom. The first-order chi connectivity index (χ1) is 9.60. The summed E-state index contributed by atoms with van der Waals surface area (Å²) in [6, 6.07) is 5.44. The van der Waals surface area contributed by atoms with Gasteiger partial charge in [0.25, 0.3) is 0 Å². The van der Waals surface area contributed by atoms with E-state index >= 15 is 0 Å². The molecule has 0 aliphatic heterocycles. The van der Waals surface area contributed by atoms with Crippen molar-refractivity contribution in [2.75, 3.05) is 11.9 Å². The second-order valence-corrected chi connectivity index (χ2v) is 5.33. The minimum absolute atomic E-state index is 0.508. The number of thiocarbonyl (C=S) groups is 1. The molecule has 0 aliphatic carbocycles. The van der Waals surface area contributed by atoms with Crippen LogP contribution in [0.25, 0.3) is 0 Å². The summed E-state index contributed by atoms with van der Waals surface area (Å²) in [5.41, 5.74) is 1.67. The summed E-state index contributed by atoms with van der Waals surface area (Å²) in [4.78, 5) is 0. The molecule has 2 rings (SSSR count). The van der Waals surface area contributed by atoms with Gasteiger partial charge in [-0.05, 0) is 31.3 Å². The van der Waals surface area contributed by atoms with Gasteiger partial charge in [0.15, 0.2) is 5.11 Å². The fourth-order valence-corrected chi connectivity index (χ4v) is 2.47. The molecule has 0 aliphatic rings. The van der Waals surface area contributed by atoms with Crippen molar-refractivity contribution in [3.8, 4) is 0 Å². The van der Waals surface area contributed by atoms with Crippen LogP contribution in [0.5, 0.6) is 0 Å². The Kier molecular flexibility index (Phi) is 5.23. The van der Waals surface area contributed by atoms with Crippen LogP contribution in [0, 0.1) is 0 Å². The lowest BCUT2D eigenvalue weighted by Crippen LogP contribution is -2.27. The highest BCUT2D eigenvalue weighted by Gasteiger charge is 2.07. The van der Waals surface area contributed by atoms with Gasteiger partial charge in [-0.15, -0.1) is 0 Å². The Hall–Kier alpha value is -1.30. The zero-order chi connectivity index (χ0) is 14.5. The molecular weight excluding hydrogens is 315 g/mol. The van der Waals surface area contributed by atoms with E-state index in [0.29, 0.717) is 21.7 Å². The van der Waals surface area contributed by atoms with Crippen molar-refractivity contribution in [2.45, 2.75) is 13.5 Å². The third kappa shape index (κ3) is 3.85. The first kappa shape index (κ1) is 15.1. The summed E-state index contributed by atoms with van der Waals surface area (Å²) < 4.78 is 1.75. The van der Waals surface area contributed by atoms with Crippen LogP contribution in [0.2, 0.25) is 10.0 Å². The second kappa shape index (κ2) is 6.92. The van der Waals surface area contributed by atoms with Crippen LogP contribution in [-0.2, 0) is 6.54 Å². The lowest BCUT2D eigenvalue weighted by Gasteiger charge is -2.07. The van der Waals surface area contributed by atoms with E-state index in [9.17, 15) is 0 Å². The molecule has 0 spiro atoms. The summed E-state index contributed by atoms with van der Waals surface area (Å²) in [5.74, 6) is 0. The molecule has 7 heteroatoms. The number of rotatable bonds is 4. The smallest absolute Gasteiger partial charge is 0.170 e. The maximum Gasteiger partial charge on any atom is 0.170 e. The standard InChI is InChI=1S/C13H14Cl2N4S/c1-2-16-13(20)18-9-6-17-19(7-9)8-10-11(14)4-3-5-12(10)15/h3-7H,2,8H2,1H3,(H2,16,18,20). The topological polar surface area (TPSA) is 41.9 Å². The summed E-state index contributed by atoms with van der Waals surface area (Å²) in [5, 5.41) is 12.2. The largest absolute Gasteiger partial charge is 0.363 e. The Bertz CT molecular complexity index is 592. The first-order valence-corrected chi connectivity index (χ1v) is 7.26. The summed E-state index contributed by atoms with van der Waals surface area (Å²) >= 11 is 17.4. The van der Waals surface area contributed by atoms with Crippen LogP contribution in [0.1, 0.15) is 12.5 Å². The molecule has 106 valence electrons. The summed E-state index contributed by atoms with van der Waals surface area (Å²) in [7, 11) is 0. The number of hydrogen-bond donors (Lipinski definition) is 2. The molecule has 0 saturated carbocycles. The van der Waals surface area contributed by atoms with E-state index in [1.165, 1.54) is 0 Å². The van der Waals surface area contributed by atoms with Crippen molar-refractivity contribution in [1.29, 1.82) is 0 Å². The predicted octanol–water partition coefficient (Wildman–Crippen LogP) is 3.54. The van der Waals surface area contributed by atoms with Gasteiger partial charge in [-0.1, -0.05) is 29.3 Å². The molecule has 1 aromatic heterocycles. The molecule has 4 nitrogen and oxygen atoms in total. The third-order valence-corrected chi connectivity index (χ3v) is 3.56. The van der Waals surface area contributed by atoms with Crippen molar-refractivity contribution < 1.29 is 0 Å². The number of benzene rings is 1. The van der Waals surface area contributed by atoms with Gasteiger partial charge in [0.1, 0.15) is 0 Å². The van der Waals surface area contributed by atoms with Gasteiger partial charge in [0, 0.05) is 28.4 Å². The molecule has 2 N–H and O–H groups in total. The average Bonchev–Trinajstić information content (AvgIpc) is 2.82. The lowest BCUT2D eigenvalue weighted by molar-refractivity contribution is 0.687. The minimum Gasteiger partial charge on any atom is -0.363 e. The highest BCUT2D eigenvalue weighted by atomic mass is 35.5. The molecule has 20 heavy (non-hydrogen) atoms. The van der Waals surface area contributed by atoms with Crippen molar-refractivity contribution in [3.05, 3.63) is 46.2 Å². The predicted molar refractivity (Wildman–Crippen MR) is 87.7 cm³/mol. The molecule has 0 saturated heterocycles. The molecule has 1 aromatic carbocycles. The zero-order valence-electron chi connectivity index (χ0n) is 10.9. The molecular formula is C13H14Cl2N4S. The van der Waals surface area contributed by atoms with Crippen LogP contribution in [-0.4, -0.2) is 21.4 Å². The Labute approximate surface area is 133 Å². The van der Waals surface area contributed by atoms with Gasteiger partial charge in [0.05, 0.1) is 18.4 Å². The SMILES string of the molecule is CCNC(=S)Nc1cnn(Cc2c(Cl)cccc2Cl)c1. The van der Waals surface area contributed by atoms with E-state index in [0.717, 1.165) is 17.8 Å². The summed E-state index contributed by atoms with van der Waals surface area (Å²) in [6.45, 7) is 3.26. The van der Waals surface area contributed by atoms with E-state index in [1.54, 1.807) is 10.9 Å². The molecule has 0 atom stereocenters. The third-order valence-electron chi connectivity index (χ3n) is 2.61. The normalized spacial score (nSPS) is 10.3. The van der Waals surface area contributed by atoms with E-state index in [2.05, 4.69) is 15.7 Å². The Morgan fingerprint density at radius 1 is 1.35 bits per heavy atom. The fourth-order valence-electron chi connectivity index (χ4n) is 1.70. The van der Waals surface area contributed by atoms with Crippen LogP contribution in [0.15, 0.2) is 30.6 Å². The lowest BCUT2D eigenvalue weighted by atomic mass is 10.2. The zero-order valence-corrected chi connectivity index (χ0v) is 13.2. The van der Waals surface area contributed by atoms with Crippen molar-refractivity contribution in [1.82, 2.24) is 15.1 Å². The number of halogens is 2. The average molecular weight is 329 g/mol. The number of anilines is 1. The quantitative estimate of drug-likeness (QED) is 0.842. The monoisotopic (exact) mass is 328 g/mol. The number of nitrogens with one attached hydrogen (secondary N) is 2. The molecule has 0 unspecified atom stereocenters. The molecule has 0 amide bonds. The second-order valence-electron chi connectivity index (χ2n) is 4.11. The van der Waals surface area contributed by atoms with Crippen molar-refractivity contribution in [2.24, 2.45) is 0 Å². The minimum atomic E-state index is 0.508. The Morgan fingerprint density at radius 2 is 2.05 bits per heavy atom.